The van der Waals surface area contributed by atoms with Gasteiger partial charge in [0.05, 0.1) is 10.8 Å². The van der Waals surface area contributed by atoms with Gasteiger partial charge in [-0.15, -0.1) is 0 Å². The average molecular weight is 313 g/mol. The third kappa shape index (κ3) is 2.99. The summed E-state index contributed by atoms with van der Waals surface area (Å²) in [4.78, 5) is 25.6. The number of thiazole rings is 1. The highest BCUT2D eigenvalue weighted by molar-refractivity contribution is 7.18. The fourth-order valence-corrected chi connectivity index (χ4v) is 3.71. The van der Waals surface area contributed by atoms with Crippen LogP contribution in [0, 0.1) is 27.4 Å². The second-order valence-electron chi connectivity index (χ2n) is 6.09. The second kappa shape index (κ2) is 5.59. The lowest BCUT2D eigenvalue weighted by molar-refractivity contribution is -0.380. The summed E-state index contributed by atoms with van der Waals surface area (Å²) in [6, 6.07) is 0.0707. The molecule has 1 aliphatic carbocycles. The number of aromatic nitrogens is 1. The maximum Gasteiger partial charge on any atom is 0.345 e. The number of nitrogens with one attached hydrogen (secondary N) is 1. The second-order valence-corrected chi connectivity index (χ2v) is 7.10. The lowest BCUT2D eigenvalue weighted by Gasteiger charge is -2.46. The SMILES string of the molecule is CC1C(Nc2ncc([N+](=O)[O-])s2)CCC(C(=O)O)C1(C)C. The third-order valence-electron chi connectivity index (χ3n) is 4.72. The first-order valence-corrected chi connectivity index (χ1v) is 7.64. The van der Waals surface area contributed by atoms with Crippen molar-refractivity contribution in [2.75, 3.05) is 5.32 Å². The summed E-state index contributed by atoms with van der Waals surface area (Å²) in [5.74, 6) is -0.998. The van der Waals surface area contributed by atoms with Gasteiger partial charge in [-0.1, -0.05) is 20.8 Å². The van der Waals surface area contributed by atoms with Crippen LogP contribution in [-0.4, -0.2) is 27.0 Å². The van der Waals surface area contributed by atoms with E-state index in [1.807, 2.05) is 20.8 Å². The van der Waals surface area contributed by atoms with Gasteiger partial charge in [0.1, 0.15) is 6.20 Å². The summed E-state index contributed by atoms with van der Waals surface area (Å²) < 4.78 is 0. The van der Waals surface area contributed by atoms with Crippen LogP contribution >= 0.6 is 11.3 Å². The van der Waals surface area contributed by atoms with Crippen LogP contribution in [0.5, 0.6) is 0 Å². The van der Waals surface area contributed by atoms with E-state index in [1.165, 1.54) is 6.20 Å². The van der Waals surface area contributed by atoms with Crippen molar-refractivity contribution >= 4 is 27.4 Å². The number of carbonyl (C=O) groups is 1. The normalized spacial score (nSPS) is 28.0. The van der Waals surface area contributed by atoms with E-state index in [2.05, 4.69) is 10.3 Å². The molecule has 1 saturated carbocycles. The number of anilines is 1. The Bertz CT molecular complexity index is 557. The van der Waals surface area contributed by atoms with E-state index in [9.17, 15) is 20.0 Å². The quantitative estimate of drug-likeness (QED) is 0.654. The van der Waals surface area contributed by atoms with Gasteiger partial charge in [-0.3, -0.25) is 14.9 Å². The first kappa shape index (κ1) is 15.7. The number of aliphatic carboxylic acids is 1. The van der Waals surface area contributed by atoms with Crippen LogP contribution in [0.15, 0.2) is 6.20 Å². The predicted octanol–water partition coefficient (Wildman–Crippen LogP) is 2.99. The van der Waals surface area contributed by atoms with Crippen LogP contribution in [0.2, 0.25) is 0 Å². The van der Waals surface area contributed by atoms with E-state index in [4.69, 9.17) is 0 Å². The lowest BCUT2D eigenvalue weighted by atomic mass is 9.61. The summed E-state index contributed by atoms with van der Waals surface area (Å²) >= 11 is 1.01. The van der Waals surface area contributed by atoms with Gasteiger partial charge in [0.25, 0.3) is 0 Å². The summed E-state index contributed by atoms with van der Waals surface area (Å²) in [5.41, 5.74) is -0.342. The minimum absolute atomic E-state index is 0.00337. The molecule has 21 heavy (non-hydrogen) atoms. The monoisotopic (exact) mass is 313 g/mol. The first-order valence-electron chi connectivity index (χ1n) is 6.83. The molecule has 2 rings (SSSR count). The van der Waals surface area contributed by atoms with Gasteiger partial charge in [0.15, 0.2) is 5.13 Å². The Morgan fingerprint density at radius 3 is 2.76 bits per heavy atom. The Balaban J connectivity index is 2.11. The molecule has 1 aromatic rings. The first-order chi connectivity index (χ1) is 9.73. The zero-order valence-corrected chi connectivity index (χ0v) is 13.0. The standard InChI is InChI=1S/C13H19N3O4S/c1-7-9(5-4-8(11(17)18)13(7,2)3)15-12-14-6-10(21-12)16(19)20/h6-9H,4-5H2,1-3H3,(H,14,15)(H,17,18). The predicted molar refractivity (Wildman–Crippen MR) is 79.5 cm³/mol. The number of hydrogen-bond acceptors (Lipinski definition) is 6. The molecular formula is C13H19N3O4S. The molecule has 1 aliphatic rings. The number of carboxylic acids is 1. The van der Waals surface area contributed by atoms with Crippen molar-refractivity contribution in [3.63, 3.8) is 0 Å². The Morgan fingerprint density at radius 1 is 1.57 bits per heavy atom. The third-order valence-corrected chi connectivity index (χ3v) is 5.60. The molecule has 1 heterocycles. The van der Waals surface area contributed by atoms with Crippen LogP contribution in [0.25, 0.3) is 0 Å². The van der Waals surface area contributed by atoms with Gasteiger partial charge in [0, 0.05) is 6.04 Å². The van der Waals surface area contributed by atoms with Crippen molar-refractivity contribution in [1.29, 1.82) is 0 Å². The summed E-state index contributed by atoms with van der Waals surface area (Å²) in [6.07, 6.45) is 2.55. The van der Waals surface area contributed by atoms with Crippen molar-refractivity contribution in [3.05, 3.63) is 16.3 Å². The topological polar surface area (TPSA) is 105 Å². The highest BCUT2D eigenvalue weighted by atomic mass is 32.1. The van der Waals surface area contributed by atoms with E-state index in [0.717, 1.165) is 17.8 Å². The smallest absolute Gasteiger partial charge is 0.345 e. The van der Waals surface area contributed by atoms with Crippen molar-refractivity contribution in [2.24, 2.45) is 17.3 Å². The minimum Gasteiger partial charge on any atom is -0.481 e. The molecule has 0 radical (unpaired) electrons. The largest absolute Gasteiger partial charge is 0.481 e. The summed E-state index contributed by atoms with van der Waals surface area (Å²) in [6.45, 7) is 5.96. The molecule has 2 N–H and O–H groups in total. The van der Waals surface area contributed by atoms with Crippen molar-refractivity contribution < 1.29 is 14.8 Å². The zero-order valence-electron chi connectivity index (χ0n) is 12.2. The van der Waals surface area contributed by atoms with E-state index < -0.39 is 10.9 Å². The van der Waals surface area contributed by atoms with Crippen molar-refractivity contribution in [2.45, 2.75) is 39.7 Å². The summed E-state index contributed by atoms with van der Waals surface area (Å²) in [5, 5.41) is 23.8. The van der Waals surface area contributed by atoms with E-state index in [0.29, 0.717) is 11.6 Å². The number of hydrogen-bond donors (Lipinski definition) is 2. The Morgan fingerprint density at radius 2 is 2.24 bits per heavy atom. The molecule has 116 valence electrons. The van der Waals surface area contributed by atoms with Crippen LogP contribution in [0.3, 0.4) is 0 Å². The lowest BCUT2D eigenvalue weighted by Crippen LogP contribution is -2.48. The Kier molecular flexibility index (Phi) is 4.18. The van der Waals surface area contributed by atoms with Gasteiger partial charge in [-0.25, -0.2) is 4.98 Å². The van der Waals surface area contributed by atoms with Crippen molar-refractivity contribution in [1.82, 2.24) is 4.98 Å². The van der Waals surface area contributed by atoms with Gasteiger partial charge in [0.2, 0.25) is 0 Å². The number of rotatable bonds is 4. The Hall–Kier alpha value is -1.70. The van der Waals surface area contributed by atoms with Crippen LogP contribution in [0.4, 0.5) is 10.1 Å². The molecule has 3 unspecified atom stereocenters. The molecular weight excluding hydrogens is 294 g/mol. The van der Waals surface area contributed by atoms with E-state index in [-0.39, 0.29) is 28.3 Å². The van der Waals surface area contributed by atoms with Gasteiger partial charge < -0.3 is 10.4 Å². The maximum absolute atomic E-state index is 11.4. The molecule has 3 atom stereocenters. The number of nitro groups is 1. The highest BCUT2D eigenvalue weighted by Crippen LogP contribution is 2.46. The van der Waals surface area contributed by atoms with E-state index in [1.54, 1.807) is 0 Å². The highest BCUT2D eigenvalue weighted by Gasteiger charge is 2.46. The minimum atomic E-state index is -0.754. The van der Waals surface area contributed by atoms with Gasteiger partial charge in [-0.05, 0) is 35.5 Å². The average Bonchev–Trinajstić information content (AvgIpc) is 2.83. The number of carboxylic acid groups (broad SMARTS) is 1. The molecule has 8 heteroatoms. The molecule has 0 amide bonds. The fraction of sp³-hybridized carbons (Fsp3) is 0.692. The fourth-order valence-electron chi connectivity index (χ4n) is 3.02. The zero-order chi connectivity index (χ0) is 15.8. The molecule has 0 aromatic carbocycles. The van der Waals surface area contributed by atoms with E-state index >= 15 is 0 Å². The maximum atomic E-state index is 11.4. The van der Waals surface area contributed by atoms with Crippen LogP contribution in [-0.2, 0) is 4.79 Å². The molecule has 7 nitrogen and oxygen atoms in total. The molecule has 0 aliphatic heterocycles. The van der Waals surface area contributed by atoms with Gasteiger partial charge >= 0.3 is 11.0 Å². The van der Waals surface area contributed by atoms with Gasteiger partial charge in [-0.2, -0.15) is 0 Å². The van der Waals surface area contributed by atoms with Crippen molar-refractivity contribution in [3.8, 4) is 0 Å². The van der Waals surface area contributed by atoms with Crippen LogP contribution in [0.1, 0.15) is 33.6 Å². The number of nitrogens with zero attached hydrogens (tertiary/aromatic N) is 2. The molecule has 0 spiro atoms. The van der Waals surface area contributed by atoms with Crippen LogP contribution < -0.4 is 5.32 Å². The molecule has 1 fully saturated rings. The molecule has 1 aromatic heterocycles. The molecule has 0 bridgehead atoms. The Labute approximate surface area is 126 Å². The summed E-state index contributed by atoms with van der Waals surface area (Å²) in [7, 11) is 0. The molecule has 0 saturated heterocycles.